The summed E-state index contributed by atoms with van der Waals surface area (Å²) in [5.74, 6) is 0.0677. The van der Waals surface area contributed by atoms with E-state index in [1.165, 1.54) is 0 Å². The molecule has 1 aromatic carbocycles. The molecule has 0 aliphatic rings. The van der Waals surface area contributed by atoms with Crippen LogP contribution in [0.1, 0.15) is 11.5 Å². The summed E-state index contributed by atoms with van der Waals surface area (Å²) in [6.07, 6.45) is 0. The lowest BCUT2D eigenvalue weighted by molar-refractivity contribution is 0.268. The highest BCUT2D eigenvalue weighted by atomic mass is 79.9. The van der Waals surface area contributed by atoms with Gasteiger partial charge >= 0.3 is 0 Å². The summed E-state index contributed by atoms with van der Waals surface area (Å²) in [7, 11) is 0. The lowest BCUT2D eigenvalue weighted by Gasteiger charge is -2.11. The Morgan fingerprint density at radius 3 is 2.23 bits per heavy atom. The largest absolute Gasteiger partial charge is 0.396 e. The maximum atomic E-state index is 8.96. The van der Waals surface area contributed by atoms with Crippen molar-refractivity contribution in [1.82, 2.24) is 0 Å². The Labute approximate surface area is 92.7 Å². The van der Waals surface area contributed by atoms with Crippen molar-refractivity contribution in [1.29, 1.82) is 0 Å². The molecule has 4 heteroatoms. The SMILES string of the molecule is Cl.NC[C@H](CO)c1ccc(Br)cc1. The first-order valence-electron chi connectivity index (χ1n) is 3.84. The summed E-state index contributed by atoms with van der Waals surface area (Å²) in [5.41, 5.74) is 6.57. The Morgan fingerprint density at radius 2 is 1.85 bits per heavy atom. The maximum Gasteiger partial charge on any atom is 0.0511 e. The van der Waals surface area contributed by atoms with Crippen molar-refractivity contribution in [3.8, 4) is 0 Å². The number of hydrogen-bond acceptors (Lipinski definition) is 2. The molecular formula is C9H13BrClNO. The lowest BCUT2D eigenvalue weighted by atomic mass is 10.0. The third-order valence-corrected chi connectivity index (χ3v) is 2.37. The van der Waals surface area contributed by atoms with Crippen molar-refractivity contribution in [2.45, 2.75) is 5.92 Å². The molecule has 0 radical (unpaired) electrons. The molecule has 13 heavy (non-hydrogen) atoms. The fourth-order valence-corrected chi connectivity index (χ4v) is 1.32. The number of halogens is 2. The Hall–Kier alpha value is -0.0900. The summed E-state index contributed by atoms with van der Waals surface area (Å²) >= 11 is 3.34. The van der Waals surface area contributed by atoms with Crippen LogP contribution in [0.25, 0.3) is 0 Å². The number of nitrogens with two attached hydrogens (primary N) is 1. The van der Waals surface area contributed by atoms with Crippen molar-refractivity contribution in [2.75, 3.05) is 13.2 Å². The average molecular weight is 267 g/mol. The van der Waals surface area contributed by atoms with E-state index in [1.807, 2.05) is 24.3 Å². The zero-order valence-electron chi connectivity index (χ0n) is 7.11. The van der Waals surface area contributed by atoms with Crippen LogP contribution in [0.2, 0.25) is 0 Å². The quantitative estimate of drug-likeness (QED) is 0.878. The number of aliphatic hydroxyl groups is 1. The van der Waals surface area contributed by atoms with Gasteiger partial charge in [-0.25, -0.2) is 0 Å². The van der Waals surface area contributed by atoms with E-state index in [-0.39, 0.29) is 24.9 Å². The van der Waals surface area contributed by atoms with Crippen LogP contribution in [0.5, 0.6) is 0 Å². The van der Waals surface area contributed by atoms with Crippen molar-refractivity contribution in [3.05, 3.63) is 34.3 Å². The number of rotatable bonds is 3. The van der Waals surface area contributed by atoms with E-state index in [9.17, 15) is 0 Å². The van der Waals surface area contributed by atoms with E-state index in [2.05, 4.69) is 15.9 Å². The molecule has 0 aromatic heterocycles. The molecule has 1 rings (SSSR count). The van der Waals surface area contributed by atoms with Crippen LogP contribution in [0.15, 0.2) is 28.7 Å². The number of benzene rings is 1. The molecule has 3 N–H and O–H groups in total. The molecule has 0 fully saturated rings. The van der Waals surface area contributed by atoms with Gasteiger partial charge in [0.1, 0.15) is 0 Å². The van der Waals surface area contributed by atoms with Crippen LogP contribution in [0.3, 0.4) is 0 Å². The van der Waals surface area contributed by atoms with Crippen LogP contribution < -0.4 is 5.73 Å². The molecular weight excluding hydrogens is 253 g/mol. The minimum absolute atomic E-state index is 0. The minimum atomic E-state index is 0. The summed E-state index contributed by atoms with van der Waals surface area (Å²) in [4.78, 5) is 0. The Bertz CT molecular complexity index is 236. The van der Waals surface area contributed by atoms with Crippen LogP contribution >= 0.6 is 28.3 Å². The predicted molar refractivity (Wildman–Crippen MR) is 60.3 cm³/mol. The minimum Gasteiger partial charge on any atom is -0.396 e. The zero-order valence-corrected chi connectivity index (χ0v) is 9.51. The van der Waals surface area contributed by atoms with E-state index < -0.39 is 0 Å². The van der Waals surface area contributed by atoms with Crippen LogP contribution in [0.4, 0.5) is 0 Å². The number of aliphatic hydroxyl groups excluding tert-OH is 1. The van der Waals surface area contributed by atoms with E-state index in [0.29, 0.717) is 6.54 Å². The van der Waals surface area contributed by atoms with Gasteiger partial charge in [0, 0.05) is 16.9 Å². The Kier molecular flexibility index (Phi) is 6.33. The normalized spacial score (nSPS) is 11.9. The molecule has 0 spiro atoms. The smallest absolute Gasteiger partial charge is 0.0511 e. The molecule has 0 unspecified atom stereocenters. The van der Waals surface area contributed by atoms with Gasteiger partial charge in [-0.3, -0.25) is 0 Å². The molecule has 2 nitrogen and oxygen atoms in total. The molecule has 0 bridgehead atoms. The fraction of sp³-hybridized carbons (Fsp3) is 0.333. The molecule has 1 aromatic rings. The number of hydrogen-bond donors (Lipinski definition) is 2. The third kappa shape index (κ3) is 3.65. The highest BCUT2D eigenvalue weighted by molar-refractivity contribution is 9.10. The van der Waals surface area contributed by atoms with Crippen molar-refractivity contribution in [2.24, 2.45) is 5.73 Å². The van der Waals surface area contributed by atoms with E-state index in [1.54, 1.807) is 0 Å². The van der Waals surface area contributed by atoms with Crippen LogP contribution in [0, 0.1) is 0 Å². The second-order valence-corrected chi connectivity index (χ2v) is 3.58. The maximum absolute atomic E-state index is 8.96. The van der Waals surface area contributed by atoms with Gasteiger partial charge in [0.05, 0.1) is 6.61 Å². The Morgan fingerprint density at radius 1 is 1.31 bits per heavy atom. The zero-order chi connectivity index (χ0) is 8.97. The molecule has 0 heterocycles. The van der Waals surface area contributed by atoms with Gasteiger partial charge in [0.25, 0.3) is 0 Å². The molecule has 0 amide bonds. The first-order chi connectivity index (χ1) is 5.77. The monoisotopic (exact) mass is 265 g/mol. The van der Waals surface area contributed by atoms with Gasteiger partial charge in [-0.1, -0.05) is 28.1 Å². The third-order valence-electron chi connectivity index (χ3n) is 1.85. The highest BCUT2D eigenvalue weighted by Gasteiger charge is 2.06. The standard InChI is InChI=1S/C9H12BrNO.ClH/c10-9-3-1-7(2-4-9)8(5-11)6-12;/h1-4,8,12H,5-6,11H2;1H/t8-;/m1./s1. The van der Waals surface area contributed by atoms with Gasteiger partial charge in [-0.15, -0.1) is 12.4 Å². The second-order valence-electron chi connectivity index (χ2n) is 2.67. The van der Waals surface area contributed by atoms with E-state index in [4.69, 9.17) is 10.8 Å². The molecule has 0 aliphatic heterocycles. The predicted octanol–water partition coefficient (Wildman–Crippen LogP) is 1.91. The first-order valence-corrected chi connectivity index (χ1v) is 4.63. The summed E-state index contributed by atoms with van der Waals surface area (Å²) in [6.45, 7) is 0.594. The summed E-state index contributed by atoms with van der Waals surface area (Å²) in [5, 5.41) is 8.96. The van der Waals surface area contributed by atoms with Crippen molar-refractivity contribution in [3.63, 3.8) is 0 Å². The first kappa shape index (κ1) is 12.9. The van der Waals surface area contributed by atoms with E-state index in [0.717, 1.165) is 10.0 Å². The van der Waals surface area contributed by atoms with Gasteiger partial charge in [0.2, 0.25) is 0 Å². The lowest BCUT2D eigenvalue weighted by Crippen LogP contribution is -2.15. The topological polar surface area (TPSA) is 46.2 Å². The average Bonchev–Trinajstić information content (AvgIpc) is 2.10. The Balaban J connectivity index is 0.00000144. The van der Waals surface area contributed by atoms with Crippen molar-refractivity contribution < 1.29 is 5.11 Å². The molecule has 0 aliphatic carbocycles. The van der Waals surface area contributed by atoms with Crippen LogP contribution in [-0.4, -0.2) is 18.3 Å². The molecule has 1 atom stereocenters. The van der Waals surface area contributed by atoms with Gasteiger partial charge < -0.3 is 10.8 Å². The summed E-state index contributed by atoms with van der Waals surface area (Å²) in [6, 6.07) is 7.84. The second kappa shape index (κ2) is 6.38. The van der Waals surface area contributed by atoms with Gasteiger partial charge in [-0.05, 0) is 17.7 Å². The highest BCUT2D eigenvalue weighted by Crippen LogP contribution is 2.17. The van der Waals surface area contributed by atoms with E-state index >= 15 is 0 Å². The van der Waals surface area contributed by atoms with Gasteiger partial charge in [-0.2, -0.15) is 0 Å². The molecule has 0 saturated carbocycles. The van der Waals surface area contributed by atoms with Gasteiger partial charge in [0.15, 0.2) is 0 Å². The molecule has 74 valence electrons. The molecule has 0 saturated heterocycles. The fourth-order valence-electron chi connectivity index (χ4n) is 1.05. The van der Waals surface area contributed by atoms with Crippen molar-refractivity contribution >= 4 is 28.3 Å². The summed E-state index contributed by atoms with van der Waals surface area (Å²) < 4.78 is 1.04. The van der Waals surface area contributed by atoms with Crippen LogP contribution in [-0.2, 0) is 0 Å².